The normalized spacial score (nSPS) is 32.4. The van der Waals surface area contributed by atoms with Crippen LogP contribution in [0.25, 0.3) is 0 Å². The summed E-state index contributed by atoms with van der Waals surface area (Å²) in [5, 5.41) is 0. The molecule has 2 heteroatoms. The van der Waals surface area contributed by atoms with Gasteiger partial charge in [-0.1, -0.05) is 18.9 Å². The second kappa shape index (κ2) is 4.77. The molecule has 1 heterocycles. The Morgan fingerprint density at radius 2 is 2.12 bits per heavy atom. The fourth-order valence-corrected chi connectivity index (χ4v) is 3.92. The van der Waals surface area contributed by atoms with Crippen molar-refractivity contribution in [3.05, 3.63) is 29.6 Å². The highest BCUT2D eigenvalue weighted by Gasteiger charge is 2.36. The minimum absolute atomic E-state index is 0.694. The number of aryl methyl sites for hydroxylation is 1. The van der Waals surface area contributed by atoms with E-state index in [4.69, 9.17) is 5.73 Å². The van der Waals surface area contributed by atoms with Crippen molar-refractivity contribution in [2.24, 2.45) is 17.6 Å². The van der Waals surface area contributed by atoms with Crippen molar-refractivity contribution >= 4 is 0 Å². The van der Waals surface area contributed by atoms with Crippen LogP contribution in [0.5, 0.6) is 0 Å². The van der Waals surface area contributed by atoms with E-state index >= 15 is 0 Å². The molecule has 2 aliphatic rings. The summed E-state index contributed by atoms with van der Waals surface area (Å²) < 4.78 is 0. The number of rotatable bonds is 2. The molecule has 1 aromatic heterocycles. The molecule has 0 aliphatic heterocycles. The molecule has 0 amide bonds. The first-order valence-corrected chi connectivity index (χ1v) is 7.04. The number of hydrogen-bond donors (Lipinski definition) is 1. The van der Waals surface area contributed by atoms with Crippen LogP contribution < -0.4 is 5.73 Å². The van der Waals surface area contributed by atoms with E-state index in [2.05, 4.69) is 17.1 Å². The highest BCUT2D eigenvalue weighted by molar-refractivity contribution is 5.29. The summed E-state index contributed by atoms with van der Waals surface area (Å²) in [6, 6.07) is 4.32. The molecule has 2 N–H and O–H groups in total. The molecule has 17 heavy (non-hydrogen) atoms. The van der Waals surface area contributed by atoms with Gasteiger partial charge < -0.3 is 5.73 Å². The van der Waals surface area contributed by atoms with E-state index < -0.39 is 0 Å². The van der Waals surface area contributed by atoms with Crippen molar-refractivity contribution in [1.29, 1.82) is 0 Å². The number of aromatic nitrogens is 1. The van der Waals surface area contributed by atoms with Gasteiger partial charge in [0, 0.05) is 17.8 Å². The summed E-state index contributed by atoms with van der Waals surface area (Å²) in [6.07, 6.45) is 9.94. The molecule has 0 radical (unpaired) electrons. The Kier molecular flexibility index (Phi) is 3.15. The zero-order chi connectivity index (χ0) is 11.7. The maximum atomic E-state index is 5.96. The van der Waals surface area contributed by atoms with E-state index in [0.717, 1.165) is 18.4 Å². The number of fused-ring (bicyclic) bond motifs is 1. The molecule has 0 spiro atoms. The van der Waals surface area contributed by atoms with Crippen molar-refractivity contribution in [1.82, 2.24) is 4.98 Å². The maximum Gasteiger partial charge on any atom is 0.0469 e. The predicted octanol–water partition coefficient (Wildman–Crippen LogP) is 2.88. The molecule has 1 aromatic rings. The first kappa shape index (κ1) is 11.2. The molecule has 2 aliphatic carbocycles. The average molecular weight is 230 g/mol. The third-order valence-corrected chi connectivity index (χ3v) is 4.79. The zero-order valence-corrected chi connectivity index (χ0v) is 10.4. The molecule has 0 aromatic carbocycles. The Hall–Kier alpha value is -0.890. The van der Waals surface area contributed by atoms with Crippen LogP contribution in [-0.4, -0.2) is 11.5 Å². The lowest BCUT2D eigenvalue weighted by Gasteiger charge is -2.35. The Labute approximate surface area is 104 Å². The lowest BCUT2D eigenvalue weighted by Crippen LogP contribution is -2.30. The number of hydrogen-bond acceptors (Lipinski definition) is 2. The quantitative estimate of drug-likeness (QED) is 0.848. The van der Waals surface area contributed by atoms with Gasteiger partial charge in [-0.25, -0.2) is 0 Å². The van der Waals surface area contributed by atoms with Gasteiger partial charge in [0.25, 0.3) is 0 Å². The lowest BCUT2D eigenvalue weighted by atomic mass is 9.71. The van der Waals surface area contributed by atoms with Crippen LogP contribution >= 0.6 is 0 Å². The molecule has 1 fully saturated rings. The van der Waals surface area contributed by atoms with Crippen molar-refractivity contribution < 1.29 is 0 Å². The van der Waals surface area contributed by atoms with Gasteiger partial charge >= 0.3 is 0 Å². The van der Waals surface area contributed by atoms with Crippen LogP contribution in [0.2, 0.25) is 0 Å². The molecule has 3 unspecified atom stereocenters. The van der Waals surface area contributed by atoms with Crippen LogP contribution in [0.1, 0.15) is 49.3 Å². The molecule has 2 nitrogen and oxygen atoms in total. The number of pyridine rings is 1. The third kappa shape index (κ3) is 1.99. The Morgan fingerprint density at radius 3 is 3.00 bits per heavy atom. The van der Waals surface area contributed by atoms with Gasteiger partial charge in [-0.3, -0.25) is 4.98 Å². The molecule has 3 atom stereocenters. The van der Waals surface area contributed by atoms with E-state index in [1.807, 2.05) is 6.20 Å². The first-order valence-electron chi connectivity index (χ1n) is 7.04. The van der Waals surface area contributed by atoms with Gasteiger partial charge in [-0.05, 0) is 55.7 Å². The molecule has 0 saturated heterocycles. The second-order valence-corrected chi connectivity index (χ2v) is 5.64. The summed E-state index contributed by atoms with van der Waals surface area (Å²) in [6.45, 7) is 0.864. The average Bonchev–Trinajstić information content (AvgIpc) is 2.82. The summed E-state index contributed by atoms with van der Waals surface area (Å²) in [5.74, 6) is 2.23. The van der Waals surface area contributed by atoms with E-state index in [0.29, 0.717) is 5.92 Å². The highest BCUT2D eigenvalue weighted by Crippen LogP contribution is 2.45. The van der Waals surface area contributed by atoms with Crippen molar-refractivity contribution in [2.45, 2.75) is 44.4 Å². The molecule has 92 valence electrons. The van der Waals surface area contributed by atoms with E-state index in [9.17, 15) is 0 Å². The highest BCUT2D eigenvalue weighted by atomic mass is 14.7. The Bertz CT molecular complexity index is 388. The predicted molar refractivity (Wildman–Crippen MR) is 69.8 cm³/mol. The summed E-state index contributed by atoms with van der Waals surface area (Å²) in [4.78, 5) is 4.64. The SMILES string of the molecule is NCC1CCCCC1C1CCc2cccnc21. The minimum Gasteiger partial charge on any atom is -0.330 e. The van der Waals surface area contributed by atoms with Crippen LogP contribution in [0.15, 0.2) is 18.3 Å². The second-order valence-electron chi connectivity index (χ2n) is 5.64. The maximum absolute atomic E-state index is 5.96. The van der Waals surface area contributed by atoms with Gasteiger partial charge in [0.1, 0.15) is 0 Å². The molecular formula is C15H22N2. The molecular weight excluding hydrogens is 208 g/mol. The molecule has 0 bridgehead atoms. The zero-order valence-electron chi connectivity index (χ0n) is 10.4. The largest absolute Gasteiger partial charge is 0.330 e. The number of nitrogens with two attached hydrogens (primary N) is 1. The minimum atomic E-state index is 0.694. The summed E-state index contributed by atoms with van der Waals surface area (Å²) in [5.41, 5.74) is 8.83. The lowest BCUT2D eigenvalue weighted by molar-refractivity contribution is 0.203. The monoisotopic (exact) mass is 230 g/mol. The third-order valence-electron chi connectivity index (χ3n) is 4.79. The van der Waals surface area contributed by atoms with Gasteiger partial charge in [-0.2, -0.15) is 0 Å². The van der Waals surface area contributed by atoms with E-state index in [-0.39, 0.29) is 0 Å². The number of nitrogens with zero attached hydrogens (tertiary/aromatic N) is 1. The van der Waals surface area contributed by atoms with Crippen LogP contribution in [0.4, 0.5) is 0 Å². The molecule has 1 saturated carbocycles. The van der Waals surface area contributed by atoms with Crippen LogP contribution in [0.3, 0.4) is 0 Å². The summed E-state index contributed by atoms with van der Waals surface area (Å²) in [7, 11) is 0. The van der Waals surface area contributed by atoms with Crippen LogP contribution in [0, 0.1) is 11.8 Å². The van der Waals surface area contributed by atoms with Crippen LogP contribution in [-0.2, 0) is 6.42 Å². The smallest absolute Gasteiger partial charge is 0.0469 e. The van der Waals surface area contributed by atoms with Gasteiger partial charge in [0.15, 0.2) is 0 Å². The van der Waals surface area contributed by atoms with Crippen molar-refractivity contribution in [3.8, 4) is 0 Å². The Morgan fingerprint density at radius 1 is 1.24 bits per heavy atom. The van der Waals surface area contributed by atoms with Gasteiger partial charge in [-0.15, -0.1) is 0 Å². The van der Waals surface area contributed by atoms with E-state index in [1.54, 1.807) is 0 Å². The standard InChI is InChI=1S/C15H22N2/c16-10-12-4-1-2-6-13(12)14-8-7-11-5-3-9-17-15(11)14/h3,5,9,12-14H,1-2,4,6-8,10,16H2. The molecule has 3 rings (SSSR count). The topological polar surface area (TPSA) is 38.9 Å². The Balaban J connectivity index is 1.85. The van der Waals surface area contributed by atoms with E-state index in [1.165, 1.54) is 49.8 Å². The summed E-state index contributed by atoms with van der Waals surface area (Å²) >= 11 is 0. The van der Waals surface area contributed by atoms with Gasteiger partial charge in [0.2, 0.25) is 0 Å². The first-order chi connectivity index (χ1) is 8.40. The fourth-order valence-electron chi connectivity index (χ4n) is 3.92. The van der Waals surface area contributed by atoms with Crippen molar-refractivity contribution in [3.63, 3.8) is 0 Å². The fraction of sp³-hybridized carbons (Fsp3) is 0.667. The van der Waals surface area contributed by atoms with Crippen molar-refractivity contribution in [2.75, 3.05) is 6.54 Å². The van der Waals surface area contributed by atoms with Gasteiger partial charge in [0.05, 0.1) is 0 Å².